The highest BCUT2D eigenvalue weighted by Crippen LogP contribution is 2.27. The number of imidazole rings is 2. The first-order valence-corrected chi connectivity index (χ1v) is 13.3. The highest BCUT2D eigenvalue weighted by molar-refractivity contribution is 7.89. The zero-order valence-corrected chi connectivity index (χ0v) is 20.1. The van der Waals surface area contributed by atoms with Gasteiger partial charge in [-0.3, -0.25) is 9.47 Å². The van der Waals surface area contributed by atoms with Gasteiger partial charge in [0.05, 0.1) is 33.5 Å². The molecule has 2 aromatic carbocycles. The number of rotatable bonds is 7. The number of nitrogens with one attached hydrogen (secondary N) is 1. The molecule has 1 saturated heterocycles. The fourth-order valence-electron chi connectivity index (χ4n) is 5.00. The molecule has 2 aromatic heterocycles. The highest BCUT2D eigenvalue weighted by atomic mass is 32.2. The molecular formula is C24H30N6O3S. The van der Waals surface area contributed by atoms with Crippen LogP contribution in [0.5, 0.6) is 0 Å². The molecule has 0 bridgehead atoms. The summed E-state index contributed by atoms with van der Waals surface area (Å²) < 4.78 is 27.7. The topological polar surface area (TPSA) is 119 Å². The van der Waals surface area contributed by atoms with Crippen molar-refractivity contribution >= 4 is 32.1 Å². The van der Waals surface area contributed by atoms with Gasteiger partial charge in [0.25, 0.3) is 0 Å². The number of nitrogens with zero attached hydrogens (tertiary/aromatic N) is 4. The molecule has 0 radical (unpaired) electrons. The largest absolute Gasteiger partial charge is 0.327 e. The average molecular weight is 483 g/mol. The van der Waals surface area contributed by atoms with E-state index in [0.29, 0.717) is 12.1 Å². The van der Waals surface area contributed by atoms with Crippen LogP contribution in [0.25, 0.3) is 22.1 Å². The second kappa shape index (κ2) is 9.01. The number of benzene rings is 2. The number of hydrogen-bond acceptors (Lipinski definition) is 5. The lowest BCUT2D eigenvalue weighted by molar-refractivity contribution is 0.174. The van der Waals surface area contributed by atoms with Crippen LogP contribution in [0.1, 0.15) is 44.5 Å². The predicted octanol–water partition coefficient (Wildman–Crippen LogP) is 2.96. The summed E-state index contributed by atoms with van der Waals surface area (Å²) in [4.78, 5) is 22.8. The summed E-state index contributed by atoms with van der Waals surface area (Å²) in [6.07, 6.45) is 3.83. The number of primary sulfonamides is 1. The molecule has 4 aromatic rings. The SMILES string of the molecule is CCCCn1c(CN2CCC(n3c(=O)[nH]c4ccccc43)CC2)nc2cc(S(N)(=O)=O)ccc21. The first-order chi connectivity index (χ1) is 16.3. The number of fused-ring (bicyclic) bond motifs is 2. The number of piperidine rings is 1. The third kappa shape index (κ3) is 4.28. The Morgan fingerprint density at radius 2 is 1.88 bits per heavy atom. The summed E-state index contributed by atoms with van der Waals surface area (Å²) in [6.45, 7) is 5.37. The van der Waals surface area contributed by atoms with Gasteiger partial charge in [0, 0.05) is 25.7 Å². The normalized spacial score (nSPS) is 16.1. The molecule has 3 heterocycles. The third-order valence-corrected chi connectivity index (χ3v) is 7.68. The molecule has 0 spiro atoms. The van der Waals surface area contributed by atoms with E-state index < -0.39 is 10.0 Å². The van der Waals surface area contributed by atoms with Gasteiger partial charge in [0.2, 0.25) is 10.0 Å². The first-order valence-electron chi connectivity index (χ1n) is 11.8. The van der Waals surface area contributed by atoms with Crippen molar-refractivity contribution in [2.45, 2.75) is 56.6 Å². The molecular weight excluding hydrogens is 452 g/mol. The van der Waals surface area contributed by atoms with Gasteiger partial charge in [-0.15, -0.1) is 0 Å². The maximum atomic E-state index is 12.6. The average Bonchev–Trinajstić information content (AvgIpc) is 3.33. The first kappa shape index (κ1) is 22.8. The van der Waals surface area contributed by atoms with E-state index in [9.17, 15) is 13.2 Å². The Balaban J connectivity index is 1.37. The van der Waals surface area contributed by atoms with Crippen LogP contribution in [0.15, 0.2) is 52.2 Å². The van der Waals surface area contributed by atoms with E-state index >= 15 is 0 Å². The molecule has 10 heteroatoms. The van der Waals surface area contributed by atoms with E-state index in [4.69, 9.17) is 10.1 Å². The molecule has 34 heavy (non-hydrogen) atoms. The second-order valence-corrected chi connectivity index (χ2v) is 10.6. The minimum Gasteiger partial charge on any atom is -0.327 e. The Kier molecular flexibility index (Phi) is 6.05. The molecule has 3 N–H and O–H groups in total. The Hall–Kier alpha value is -2.95. The Labute approximate surface area is 198 Å². The van der Waals surface area contributed by atoms with Gasteiger partial charge >= 0.3 is 5.69 Å². The van der Waals surface area contributed by atoms with Crippen molar-refractivity contribution in [2.75, 3.05) is 13.1 Å². The summed E-state index contributed by atoms with van der Waals surface area (Å²) in [6, 6.07) is 12.9. The van der Waals surface area contributed by atoms with Crippen LogP contribution in [0.2, 0.25) is 0 Å². The van der Waals surface area contributed by atoms with Crippen LogP contribution in [0, 0.1) is 0 Å². The zero-order valence-electron chi connectivity index (χ0n) is 19.3. The smallest absolute Gasteiger partial charge is 0.326 e. The van der Waals surface area contributed by atoms with Gasteiger partial charge < -0.3 is 9.55 Å². The van der Waals surface area contributed by atoms with Crippen molar-refractivity contribution in [1.29, 1.82) is 0 Å². The van der Waals surface area contributed by atoms with Crippen molar-refractivity contribution in [3.05, 3.63) is 58.8 Å². The van der Waals surface area contributed by atoms with E-state index in [1.165, 1.54) is 0 Å². The zero-order chi connectivity index (χ0) is 23.9. The van der Waals surface area contributed by atoms with Crippen LogP contribution in [0.3, 0.4) is 0 Å². The molecule has 1 aliphatic heterocycles. The summed E-state index contributed by atoms with van der Waals surface area (Å²) in [7, 11) is -3.78. The fourth-order valence-corrected chi connectivity index (χ4v) is 5.53. The number of aryl methyl sites for hydroxylation is 1. The van der Waals surface area contributed by atoms with E-state index in [1.54, 1.807) is 18.2 Å². The van der Waals surface area contributed by atoms with Gasteiger partial charge in [0.15, 0.2) is 0 Å². The predicted molar refractivity (Wildman–Crippen MR) is 132 cm³/mol. The molecule has 180 valence electrons. The lowest BCUT2D eigenvalue weighted by Gasteiger charge is -2.32. The molecule has 9 nitrogen and oxygen atoms in total. The molecule has 5 rings (SSSR count). The molecule has 0 saturated carbocycles. The maximum absolute atomic E-state index is 12.6. The van der Waals surface area contributed by atoms with Crippen molar-refractivity contribution in [3.63, 3.8) is 0 Å². The van der Waals surface area contributed by atoms with E-state index in [-0.39, 0.29) is 16.6 Å². The minimum atomic E-state index is -3.78. The number of unbranched alkanes of at least 4 members (excludes halogenated alkanes) is 1. The van der Waals surface area contributed by atoms with Crippen LogP contribution < -0.4 is 10.8 Å². The number of aromatic nitrogens is 4. The number of para-hydroxylation sites is 2. The van der Waals surface area contributed by atoms with E-state index in [0.717, 1.165) is 67.7 Å². The standard InChI is InChI=1S/C24H30N6O3S/c1-2-3-12-29-21-9-8-18(34(25,32)33)15-20(21)26-23(29)16-28-13-10-17(11-14-28)30-22-7-5-4-6-19(22)27-24(30)31/h4-9,15,17H,2-3,10-14,16H2,1H3,(H,27,31)(H2,25,32,33). The molecule has 0 atom stereocenters. The summed E-state index contributed by atoms with van der Waals surface area (Å²) in [5.74, 6) is 0.928. The number of H-pyrrole nitrogens is 1. The molecule has 0 amide bonds. The Bertz CT molecular complexity index is 1490. The number of aromatic amines is 1. The van der Waals surface area contributed by atoms with Crippen molar-refractivity contribution in [1.82, 2.24) is 24.0 Å². The molecule has 0 aliphatic carbocycles. The summed E-state index contributed by atoms with van der Waals surface area (Å²) in [5.41, 5.74) is 3.36. The number of sulfonamides is 1. The third-order valence-electron chi connectivity index (χ3n) is 6.77. The highest BCUT2D eigenvalue weighted by Gasteiger charge is 2.25. The lowest BCUT2D eigenvalue weighted by Crippen LogP contribution is -2.37. The fraction of sp³-hybridized carbons (Fsp3) is 0.417. The van der Waals surface area contributed by atoms with Crippen LogP contribution in [0.4, 0.5) is 0 Å². The van der Waals surface area contributed by atoms with Crippen molar-refractivity contribution in [2.24, 2.45) is 5.14 Å². The van der Waals surface area contributed by atoms with Crippen molar-refractivity contribution < 1.29 is 8.42 Å². The van der Waals surface area contributed by atoms with Gasteiger partial charge in [-0.2, -0.15) is 0 Å². The number of likely N-dealkylation sites (tertiary alicyclic amines) is 1. The van der Waals surface area contributed by atoms with Crippen LogP contribution >= 0.6 is 0 Å². The maximum Gasteiger partial charge on any atom is 0.326 e. The van der Waals surface area contributed by atoms with Crippen LogP contribution in [-0.4, -0.2) is 45.5 Å². The van der Waals surface area contributed by atoms with Crippen LogP contribution in [-0.2, 0) is 23.1 Å². The quantitative estimate of drug-likeness (QED) is 0.420. The van der Waals surface area contributed by atoms with Gasteiger partial charge in [-0.05, 0) is 49.6 Å². The molecule has 1 aliphatic rings. The molecule has 0 unspecified atom stereocenters. The van der Waals surface area contributed by atoms with E-state index in [2.05, 4.69) is 21.4 Å². The number of nitrogens with two attached hydrogens (primary N) is 1. The monoisotopic (exact) mass is 482 g/mol. The van der Waals surface area contributed by atoms with Gasteiger partial charge in [-0.25, -0.2) is 23.3 Å². The van der Waals surface area contributed by atoms with Gasteiger partial charge in [-0.1, -0.05) is 25.5 Å². The summed E-state index contributed by atoms with van der Waals surface area (Å²) >= 11 is 0. The molecule has 1 fully saturated rings. The second-order valence-electron chi connectivity index (χ2n) is 9.05. The van der Waals surface area contributed by atoms with Crippen molar-refractivity contribution in [3.8, 4) is 0 Å². The van der Waals surface area contributed by atoms with E-state index in [1.807, 2.05) is 28.8 Å². The number of hydrogen-bond donors (Lipinski definition) is 2. The van der Waals surface area contributed by atoms with Gasteiger partial charge in [0.1, 0.15) is 5.82 Å². The Morgan fingerprint density at radius 1 is 1.12 bits per heavy atom. The lowest BCUT2D eigenvalue weighted by atomic mass is 10.0. The summed E-state index contributed by atoms with van der Waals surface area (Å²) in [5, 5.41) is 5.32. The Morgan fingerprint density at radius 3 is 2.62 bits per heavy atom. The minimum absolute atomic E-state index is 0.0494.